The van der Waals surface area contributed by atoms with Crippen LogP contribution in [0.5, 0.6) is 5.75 Å². The normalized spacial score (nSPS) is 14.1. The van der Waals surface area contributed by atoms with Crippen LogP contribution in [-0.4, -0.2) is 45.7 Å². The second kappa shape index (κ2) is 9.09. The van der Waals surface area contributed by atoms with Gasteiger partial charge in [0.1, 0.15) is 5.75 Å². The van der Waals surface area contributed by atoms with Crippen molar-refractivity contribution in [1.29, 1.82) is 0 Å². The molecule has 166 valence electrons. The highest BCUT2D eigenvalue weighted by molar-refractivity contribution is 7.92. The Balaban J connectivity index is 1.77. The molecule has 2 aromatic rings. The second-order valence-corrected chi connectivity index (χ2v) is 9.97. The van der Waals surface area contributed by atoms with Crippen LogP contribution >= 0.6 is 0 Å². The van der Waals surface area contributed by atoms with Crippen molar-refractivity contribution < 1.29 is 22.7 Å². The summed E-state index contributed by atoms with van der Waals surface area (Å²) in [5, 5.41) is -0.879. The Morgan fingerprint density at radius 2 is 1.84 bits per heavy atom. The third kappa shape index (κ3) is 4.58. The van der Waals surface area contributed by atoms with Gasteiger partial charge in [0.15, 0.2) is 9.84 Å². The van der Waals surface area contributed by atoms with E-state index >= 15 is 0 Å². The fourth-order valence-corrected chi connectivity index (χ4v) is 5.24. The lowest BCUT2D eigenvalue weighted by atomic mass is 10.2. The summed E-state index contributed by atoms with van der Waals surface area (Å²) in [6, 6.07) is 11.9. The molecule has 0 N–H and O–H groups in total. The van der Waals surface area contributed by atoms with E-state index in [1.807, 2.05) is 6.92 Å². The fourth-order valence-electron chi connectivity index (χ4n) is 3.85. The van der Waals surface area contributed by atoms with Gasteiger partial charge in [0, 0.05) is 37.8 Å². The number of nitrogens with zero attached hydrogens (tertiary/aromatic N) is 2. The van der Waals surface area contributed by atoms with Gasteiger partial charge in [-0.15, -0.1) is 0 Å². The second-order valence-electron chi connectivity index (χ2n) is 7.61. The van der Waals surface area contributed by atoms with Crippen LogP contribution in [-0.2, 0) is 25.8 Å². The maximum absolute atomic E-state index is 13.1. The summed E-state index contributed by atoms with van der Waals surface area (Å²) in [4.78, 5) is 28.0. The predicted molar refractivity (Wildman–Crippen MR) is 120 cm³/mol. The van der Waals surface area contributed by atoms with Gasteiger partial charge in [-0.05, 0) is 68.3 Å². The van der Waals surface area contributed by atoms with Gasteiger partial charge in [0.25, 0.3) is 0 Å². The zero-order chi connectivity index (χ0) is 22.8. The molecule has 3 rings (SSSR count). The largest absolute Gasteiger partial charge is 0.497 e. The third-order valence-electron chi connectivity index (χ3n) is 5.65. The van der Waals surface area contributed by atoms with E-state index in [2.05, 4.69) is 0 Å². The minimum atomic E-state index is -3.70. The summed E-state index contributed by atoms with van der Waals surface area (Å²) >= 11 is 0. The zero-order valence-electron chi connectivity index (χ0n) is 18.3. The number of methoxy groups -OCH3 is 1. The van der Waals surface area contributed by atoms with E-state index in [0.717, 1.165) is 11.3 Å². The van der Waals surface area contributed by atoms with Gasteiger partial charge in [0.2, 0.25) is 11.8 Å². The van der Waals surface area contributed by atoms with E-state index in [1.165, 1.54) is 13.0 Å². The number of hydrogen-bond donors (Lipinski definition) is 0. The predicted octanol–water partition coefficient (Wildman–Crippen LogP) is 3.21. The fraction of sp³-hybridized carbons (Fsp3) is 0.391. The summed E-state index contributed by atoms with van der Waals surface area (Å²) in [6.07, 6.45) is 0.492. The van der Waals surface area contributed by atoms with Crippen molar-refractivity contribution in [2.24, 2.45) is 0 Å². The maximum Gasteiger partial charge on any atom is 0.228 e. The average Bonchev–Trinajstić information content (AvgIpc) is 3.18. The topological polar surface area (TPSA) is 84.0 Å². The molecule has 0 aliphatic carbocycles. The van der Waals surface area contributed by atoms with E-state index in [9.17, 15) is 18.0 Å². The highest BCUT2D eigenvalue weighted by Gasteiger charge is 2.30. The molecule has 1 atom stereocenters. The van der Waals surface area contributed by atoms with Gasteiger partial charge in [0.05, 0.1) is 17.3 Å². The van der Waals surface area contributed by atoms with Crippen LogP contribution in [0, 0.1) is 0 Å². The summed E-state index contributed by atoms with van der Waals surface area (Å²) in [6.45, 7) is 5.88. The first-order chi connectivity index (χ1) is 14.7. The highest BCUT2D eigenvalue weighted by atomic mass is 32.2. The van der Waals surface area contributed by atoms with Crippen molar-refractivity contribution in [3.8, 4) is 5.75 Å². The molecule has 0 fully saturated rings. The number of rotatable bonds is 7. The first-order valence-corrected chi connectivity index (χ1v) is 11.8. The van der Waals surface area contributed by atoms with Crippen molar-refractivity contribution in [3.63, 3.8) is 0 Å². The van der Waals surface area contributed by atoms with Crippen LogP contribution < -0.4 is 14.5 Å². The molecule has 31 heavy (non-hydrogen) atoms. The molecule has 1 heterocycles. The van der Waals surface area contributed by atoms with Crippen LogP contribution in [0.25, 0.3) is 0 Å². The standard InChI is InChI=1S/C23H28N2O5S/c1-5-24(19-6-8-20(30-4)9-7-19)23(27)14-16(2)31(28,29)21-10-11-22-18(15-21)12-13-25(22)17(3)26/h6-11,15-16H,5,12-14H2,1-4H3. The number of carbonyl (C=O) groups excluding carboxylic acids is 2. The SMILES string of the molecule is CCN(C(=O)CC(C)S(=O)(=O)c1ccc2c(c1)CCN2C(C)=O)c1ccc(OC)cc1. The van der Waals surface area contributed by atoms with Gasteiger partial charge in [-0.3, -0.25) is 9.59 Å². The van der Waals surface area contributed by atoms with Crippen LogP contribution in [0.1, 0.15) is 32.8 Å². The Labute approximate surface area is 183 Å². The monoisotopic (exact) mass is 444 g/mol. The minimum Gasteiger partial charge on any atom is -0.497 e. The molecule has 7 nitrogen and oxygen atoms in total. The molecule has 1 aliphatic heterocycles. The Hall–Kier alpha value is -2.87. The molecular weight excluding hydrogens is 416 g/mol. The molecule has 1 unspecified atom stereocenters. The number of sulfone groups is 1. The number of fused-ring (bicyclic) bond motifs is 1. The molecule has 2 aromatic carbocycles. The molecule has 0 bridgehead atoms. The Morgan fingerprint density at radius 3 is 2.42 bits per heavy atom. The van der Waals surface area contributed by atoms with Crippen LogP contribution in [0.3, 0.4) is 0 Å². The van der Waals surface area contributed by atoms with Crippen molar-refractivity contribution in [3.05, 3.63) is 48.0 Å². The minimum absolute atomic E-state index is 0.0634. The van der Waals surface area contributed by atoms with Crippen molar-refractivity contribution in [1.82, 2.24) is 0 Å². The number of amides is 2. The van der Waals surface area contributed by atoms with Crippen LogP contribution in [0.4, 0.5) is 11.4 Å². The van der Waals surface area contributed by atoms with Crippen molar-refractivity contribution >= 4 is 33.0 Å². The number of benzene rings is 2. The molecule has 0 spiro atoms. The Morgan fingerprint density at radius 1 is 1.16 bits per heavy atom. The number of ether oxygens (including phenoxy) is 1. The molecular formula is C23H28N2O5S. The Bertz CT molecular complexity index is 1080. The molecule has 0 saturated carbocycles. The quantitative estimate of drug-likeness (QED) is 0.655. The smallest absolute Gasteiger partial charge is 0.228 e. The third-order valence-corrected chi connectivity index (χ3v) is 7.79. The lowest BCUT2D eigenvalue weighted by Crippen LogP contribution is -2.34. The summed E-state index contributed by atoms with van der Waals surface area (Å²) < 4.78 is 31.4. The van der Waals surface area contributed by atoms with Crippen molar-refractivity contribution in [2.45, 2.75) is 43.8 Å². The van der Waals surface area contributed by atoms with E-state index < -0.39 is 15.1 Å². The highest BCUT2D eigenvalue weighted by Crippen LogP contribution is 2.32. The zero-order valence-corrected chi connectivity index (χ0v) is 19.1. The molecule has 0 radical (unpaired) electrons. The lowest BCUT2D eigenvalue weighted by molar-refractivity contribution is -0.118. The van der Waals surface area contributed by atoms with Gasteiger partial charge >= 0.3 is 0 Å². The Kier molecular flexibility index (Phi) is 6.69. The summed E-state index contributed by atoms with van der Waals surface area (Å²) in [5.74, 6) is 0.363. The van der Waals surface area contributed by atoms with E-state index in [1.54, 1.807) is 60.2 Å². The first kappa shape index (κ1) is 22.8. The van der Waals surface area contributed by atoms with E-state index in [-0.39, 0.29) is 23.1 Å². The van der Waals surface area contributed by atoms with Gasteiger partial charge in [-0.2, -0.15) is 0 Å². The molecule has 1 aliphatic rings. The molecule has 0 saturated heterocycles. The number of hydrogen-bond acceptors (Lipinski definition) is 5. The van der Waals surface area contributed by atoms with Crippen LogP contribution in [0.2, 0.25) is 0 Å². The number of carbonyl (C=O) groups is 2. The molecule has 8 heteroatoms. The molecule has 2 amide bonds. The van der Waals surface area contributed by atoms with E-state index in [0.29, 0.717) is 30.9 Å². The first-order valence-electron chi connectivity index (χ1n) is 10.3. The van der Waals surface area contributed by atoms with Crippen molar-refractivity contribution in [2.75, 3.05) is 30.0 Å². The van der Waals surface area contributed by atoms with Gasteiger partial charge in [-0.1, -0.05) is 0 Å². The lowest BCUT2D eigenvalue weighted by Gasteiger charge is -2.23. The average molecular weight is 445 g/mol. The van der Waals surface area contributed by atoms with E-state index in [4.69, 9.17) is 4.74 Å². The summed E-state index contributed by atoms with van der Waals surface area (Å²) in [5.41, 5.74) is 2.29. The summed E-state index contributed by atoms with van der Waals surface area (Å²) in [7, 11) is -2.13. The maximum atomic E-state index is 13.1. The number of anilines is 2. The molecule has 0 aromatic heterocycles. The van der Waals surface area contributed by atoms with Crippen LogP contribution in [0.15, 0.2) is 47.4 Å². The van der Waals surface area contributed by atoms with Gasteiger partial charge in [-0.25, -0.2) is 8.42 Å². The van der Waals surface area contributed by atoms with Gasteiger partial charge < -0.3 is 14.5 Å².